The van der Waals surface area contributed by atoms with E-state index in [0.29, 0.717) is 0 Å². The van der Waals surface area contributed by atoms with Gasteiger partial charge in [0.25, 0.3) is 0 Å². The largest absolute Gasteiger partial charge is 0.311 e. The lowest BCUT2D eigenvalue weighted by Crippen LogP contribution is -2.34. The molecule has 0 saturated heterocycles. The summed E-state index contributed by atoms with van der Waals surface area (Å²) >= 11 is 0. The number of anilines is 6. The zero-order chi connectivity index (χ0) is 55.7. The third kappa shape index (κ3) is 9.16. The normalized spacial score (nSPS) is 16.8. The maximum atomic E-state index is 2.76. The predicted molar refractivity (Wildman–Crippen MR) is 338 cm³/mol. The zero-order valence-electron chi connectivity index (χ0n) is 50.3. The van der Waals surface area contributed by atoms with Crippen molar-refractivity contribution in [3.63, 3.8) is 0 Å². The first kappa shape index (κ1) is 53.4. The molecule has 398 valence electrons. The second-order valence-electron chi connectivity index (χ2n) is 29.0. The van der Waals surface area contributed by atoms with Gasteiger partial charge in [0.1, 0.15) is 0 Å². The molecule has 3 heteroatoms. The Labute approximate surface area is 470 Å². The highest BCUT2D eigenvalue weighted by molar-refractivity contribution is 6.61. The van der Waals surface area contributed by atoms with Crippen LogP contribution in [0.5, 0.6) is 0 Å². The van der Waals surface area contributed by atoms with Crippen molar-refractivity contribution in [3.05, 3.63) is 231 Å². The topological polar surface area (TPSA) is 6.48 Å². The van der Waals surface area contributed by atoms with Crippen LogP contribution in [0, 0.1) is 0 Å². The first-order valence-corrected chi connectivity index (χ1v) is 29.1. The molecule has 2 heterocycles. The second-order valence-corrected chi connectivity index (χ2v) is 29.0. The van der Waals surface area contributed by atoms with Crippen molar-refractivity contribution in [1.29, 1.82) is 0 Å². The molecule has 0 saturated carbocycles. The summed E-state index contributed by atoms with van der Waals surface area (Å²) < 4.78 is 0. The van der Waals surface area contributed by atoms with Crippen LogP contribution in [0.3, 0.4) is 0 Å². The van der Waals surface area contributed by atoms with Gasteiger partial charge in [0.15, 0.2) is 7.28 Å². The number of hydrogen-bond donors (Lipinski definition) is 0. The maximum absolute atomic E-state index is 2.76. The number of benzene rings is 8. The molecule has 78 heavy (non-hydrogen) atoms. The van der Waals surface area contributed by atoms with E-state index in [9.17, 15) is 0 Å². The van der Waals surface area contributed by atoms with Crippen LogP contribution in [0.1, 0.15) is 198 Å². The molecule has 0 radical (unpaired) electrons. The van der Waals surface area contributed by atoms with E-state index in [2.05, 4.69) is 297 Å². The maximum Gasteiger partial charge on any atom is 0.176 e. The van der Waals surface area contributed by atoms with Crippen molar-refractivity contribution < 1.29 is 0 Å². The Morgan fingerprint density at radius 2 is 0.833 bits per heavy atom. The highest BCUT2D eigenvalue weighted by atomic mass is 15.2. The van der Waals surface area contributed by atoms with E-state index in [1.54, 1.807) is 0 Å². The van der Waals surface area contributed by atoms with E-state index in [1.807, 2.05) is 0 Å². The van der Waals surface area contributed by atoms with Gasteiger partial charge >= 0.3 is 0 Å². The van der Waals surface area contributed by atoms with Crippen molar-refractivity contribution >= 4 is 46.9 Å². The van der Waals surface area contributed by atoms with Gasteiger partial charge in [0, 0.05) is 44.8 Å². The van der Waals surface area contributed by atoms with Crippen molar-refractivity contribution in [1.82, 2.24) is 0 Å². The smallest absolute Gasteiger partial charge is 0.176 e. The molecule has 0 fully saturated rings. The fourth-order valence-corrected chi connectivity index (χ4v) is 13.2. The van der Waals surface area contributed by atoms with Crippen LogP contribution in [-0.4, -0.2) is 7.28 Å². The van der Waals surface area contributed by atoms with Crippen LogP contribution in [0.4, 0.5) is 34.1 Å². The van der Waals surface area contributed by atoms with Gasteiger partial charge in [-0.2, -0.15) is 0 Å². The van der Waals surface area contributed by atoms with Gasteiger partial charge in [0.2, 0.25) is 0 Å². The number of rotatable bonds is 7. The van der Waals surface area contributed by atoms with Gasteiger partial charge in [-0.05, 0) is 166 Å². The molecule has 0 aromatic heterocycles. The molecule has 8 aromatic carbocycles. The zero-order valence-corrected chi connectivity index (χ0v) is 50.3. The van der Waals surface area contributed by atoms with Gasteiger partial charge in [-0.3, -0.25) is 0 Å². The molecule has 8 aromatic rings. The van der Waals surface area contributed by atoms with E-state index in [1.165, 1.54) is 112 Å². The summed E-state index contributed by atoms with van der Waals surface area (Å²) in [5, 5.41) is 0. The lowest BCUT2D eigenvalue weighted by molar-refractivity contribution is 0.331. The fourth-order valence-electron chi connectivity index (χ4n) is 13.2. The second kappa shape index (κ2) is 18.5. The van der Waals surface area contributed by atoms with Crippen LogP contribution in [0.2, 0.25) is 0 Å². The molecule has 2 nitrogen and oxygen atoms in total. The summed E-state index contributed by atoms with van der Waals surface area (Å²) in [6.07, 6.45) is 2.30. The van der Waals surface area contributed by atoms with Crippen molar-refractivity contribution in [3.8, 4) is 11.1 Å². The molecule has 0 amide bonds. The quantitative estimate of drug-likeness (QED) is 0.147. The summed E-state index contributed by atoms with van der Waals surface area (Å²) in [7, 11) is 0.855. The van der Waals surface area contributed by atoms with Crippen LogP contribution < -0.4 is 15.3 Å². The monoisotopic (exact) mass is 1020 g/mol. The van der Waals surface area contributed by atoms with E-state index >= 15 is 0 Å². The lowest BCUT2D eigenvalue weighted by atomic mass is 9.53. The Hall–Kier alpha value is -6.58. The Bertz CT molecular complexity index is 3590. The standard InChI is InChI=1S/C75H85BN2/c1-69(2,3)52-30-24-25-48(41-52)57-42-53(70(4,5)6)33-37-62(57)78-64-47-61-60(72(10,11)39-40-73(61,12)13)46-59(64)67-58-43-54(75(16,17)50-28-22-19-23-29-50)34-38-63(58)77(65-44-55(71(7,8)9)45-66(78)68(65)76-67)56-35-31-51(32-36-56)74(14,15)49-26-20-18-21-27-49/h18-38,41-47,67,76H,39-40H2,1-17H3. The summed E-state index contributed by atoms with van der Waals surface area (Å²) in [4.78, 5) is 5.42. The summed E-state index contributed by atoms with van der Waals surface area (Å²) in [5.41, 5.74) is 25.7. The van der Waals surface area contributed by atoms with Gasteiger partial charge in [-0.1, -0.05) is 239 Å². The Morgan fingerprint density at radius 1 is 0.372 bits per heavy atom. The first-order chi connectivity index (χ1) is 36.6. The third-order valence-electron chi connectivity index (χ3n) is 18.9. The molecular weight excluding hydrogens is 940 g/mol. The number of hydrogen-bond acceptors (Lipinski definition) is 2. The molecular formula is C75H85BN2. The Morgan fingerprint density at radius 3 is 1.41 bits per heavy atom. The van der Waals surface area contributed by atoms with Crippen molar-refractivity contribution in [2.24, 2.45) is 0 Å². The van der Waals surface area contributed by atoms with Crippen LogP contribution in [-0.2, 0) is 37.9 Å². The van der Waals surface area contributed by atoms with E-state index in [4.69, 9.17) is 0 Å². The van der Waals surface area contributed by atoms with Gasteiger partial charge in [-0.15, -0.1) is 0 Å². The molecule has 1 atom stereocenters. The van der Waals surface area contributed by atoms with Gasteiger partial charge in [0.05, 0.1) is 5.69 Å². The Balaban J connectivity index is 1.29. The fraction of sp³-hybridized carbons (Fsp3) is 0.360. The highest BCUT2D eigenvalue weighted by Crippen LogP contribution is 2.57. The summed E-state index contributed by atoms with van der Waals surface area (Å²) in [5.74, 6) is 0.0402. The van der Waals surface area contributed by atoms with E-state index < -0.39 is 0 Å². The van der Waals surface area contributed by atoms with Crippen molar-refractivity contribution in [2.75, 3.05) is 9.80 Å². The molecule has 11 rings (SSSR count). The molecule has 0 spiro atoms. The molecule has 1 aliphatic carbocycles. The lowest BCUT2D eigenvalue weighted by Gasteiger charge is -2.44. The van der Waals surface area contributed by atoms with Crippen LogP contribution >= 0.6 is 0 Å². The van der Waals surface area contributed by atoms with Crippen molar-refractivity contribution in [2.45, 2.75) is 174 Å². The van der Waals surface area contributed by atoms with Crippen LogP contribution in [0.15, 0.2) is 170 Å². The van der Waals surface area contributed by atoms with E-state index in [-0.39, 0.29) is 43.7 Å². The third-order valence-corrected chi connectivity index (χ3v) is 18.9. The molecule has 1 unspecified atom stereocenters. The number of fused-ring (bicyclic) bond motifs is 6. The minimum absolute atomic E-state index is 0.00550. The average molecular weight is 1030 g/mol. The predicted octanol–water partition coefficient (Wildman–Crippen LogP) is 19.7. The molecule has 2 aliphatic heterocycles. The minimum atomic E-state index is -0.248. The molecule has 3 aliphatic rings. The van der Waals surface area contributed by atoms with Gasteiger partial charge < -0.3 is 9.80 Å². The first-order valence-electron chi connectivity index (χ1n) is 29.1. The van der Waals surface area contributed by atoms with E-state index in [0.717, 1.165) is 20.1 Å². The minimum Gasteiger partial charge on any atom is -0.311 e. The van der Waals surface area contributed by atoms with Crippen LogP contribution in [0.25, 0.3) is 11.1 Å². The highest BCUT2D eigenvalue weighted by Gasteiger charge is 2.44. The Kier molecular flexibility index (Phi) is 12.7. The SMILES string of the molecule is CC(C)(C)c1cccc(-c2cc(C(C)(C)C)ccc2N2c3cc4c(cc3C3Bc5c(cc(C(C)(C)C)cc52)N(c2ccc(C(C)(C)c5ccccc5)cc2)c2ccc(C(C)(C)c5ccccc5)cc23)C(C)(C)CCC4(C)C)c1. The average Bonchev–Trinajstić information content (AvgIpc) is 3.75. The molecule has 0 N–H and O–H groups in total. The van der Waals surface area contributed by atoms with Gasteiger partial charge in [-0.25, -0.2) is 0 Å². The summed E-state index contributed by atoms with van der Waals surface area (Å²) in [6.45, 7) is 40.8. The molecule has 2 bridgehead atoms. The summed E-state index contributed by atoms with van der Waals surface area (Å²) in [6, 6.07) is 66.7. The number of nitrogens with zero attached hydrogens (tertiary/aromatic N) is 2.